The van der Waals surface area contributed by atoms with Crippen LogP contribution in [-0.2, 0) is 11.2 Å². The molecule has 6 nitrogen and oxygen atoms in total. The van der Waals surface area contributed by atoms with Gasteiger partial charge in [-0.15, -0.1) is 0 Å². The van der Waals surface area contributed by atoms with Gasteiger partial charge in [-0.3, -0.25) is 9.59 Å². The summed E-state index contributed by atoms with van der Waals surface area (Å²) in [6.45, 7) is 5.12. The highest BCUT2D eigenvalue weighted by molar-refractivity contribution is 5.94. The molecule has 0 spiro atoms. The van der Waals surface area contributed by atoms with Gasteiger partial charge in [-0.05, 0) is 24.1 Å². The van der Waals surface area contributed by atoms with Crippen LogP contribution in [0.15, 0.2) is 48.7 Å². The maximum atomic E-state index is 12.2. The summed E-state index contributed by atoms with van der Waals surface area (Å²) in [6, 6.07) is 13.7. The summed E-state index contributed by atoms with van der Waals surface area (Å²) in [5.74, 6) is 0.843. The summed E-state index contributed by atoms with van der Waals surface area (Å²) in [7, 11) is 0. The van der Waals surface area contributed by atoms with E-state index < -0.39 is 0 Å². The van der Waals surface area contributed by atoms with Crippen LogP contribution in [0.4, 0.5) is 5.82 Å². The topological polar surface area (TPSA) is 65.5 Å². The average molecular weight is 352 g/mol. The summed E-state index contributed by atoms with van der Waals surface area (Å²) >= 11 is 0. The molecule has 2 heterocycles. The van der Waals surface area contributed by atoms with Crippen LogP contribution in [-0.4, -0.2) is 54.4 Å². The van der Waals surface area contributed by atoms with E-state index in [-0.39, 0.29) is 11.8 Å². The fraction of sp³-hybridized carbons (Fsp3) is 0.350. The first kappa shape index (κ1) is 17.9. The first-order valence-electron chi connectivity index (χ1n) is 8.92. The lowest BCUT2D eigenvalue weighted by Gasteiger charge is -2.34. The molecule has 0 atom stereocenters. The van der Waals surface area contributed by atoms with Gasteiger partial charge in [0.05, 0.1) is 5.56 Å². The molecule has 0 radical (unpaired) electrons. The molecule has 1 aliphatic heterocycles. The maximum Gasteiger partial charge on any atom is 0.252 e. The Hall–Kier alpha value is -2.89. The van der Waals surface area contributed by atoms with Crippen molar-refractivity contribution in [2.45, 2.75) is 13.3 Å². The third-order valence-corrected chi connectivity index (χ3v) is 4.60. The number of amides is 2. The molecular weight excluding hydrogens is 328 g/mol. The van der Waals surface area contributed by atoms with Gasteiger partial charge in [0.2, 0.25) is 5.91 Å². The molecule has 1 fully saturated rings. The molecule has 0 bridgehead atoms. The Morgan fingerprint density at radius 3 is 2.38 bits per heavy atom. The first-order chi connectivity index (χ1) is 12.6. The van der Waals surface area contributed by atoms with Gasteiger partial charge >= 0.3 is 0 Å². The third kappa shape index (κ3) is 4.59. The van der Waals surface area contributed by atoms with Gasteiger partial charge in [0.15, 0.2) is 0 Å². The van der Waals surface area contributed by atoms with Crippen LogP contribution >= 0.6 is 0 Å². The Morgan fingerprint density at radius 2 is 1.77 bits per heavy atom. The van der Waals surface area contributed by atoms with Crippen molar-refractivity contribution in [2.75, 3.05) is 37.6 Å². The lowest BCUT2D eigenvalue weighted by Crippen LogP contribution is -2.48. The van der Waals surface area contributed by atoms with Gasteiger partial charge in [0, 0.05) is 45.8 Å². The zero-order valence-corrected chi connectivity index (χ0v) is 15.0. The van der Waals surface area contributed by atoms with Gasteiger partial charge in [0.25, 0.3) is 5.91 Å². The number of benzene rings is 1. The van der Waals surface area contributed by atoms with Crippen molar-refractivity contribution in [3.8, 4) is 0 Å². The second kappa shape index (κ2) is 8.47. The molecule has 26 heavy (non-hydrogen) atoms. The van der Waals surface area contributed by atoms with E-state index in [1.165, 1.54) is 5.56 Å². The van der Waals surface area contributed by atoms with Gasteiger partial charge < -0.3 is 15.1 Å². The van der Waals surface area contributed by atoms with E-state index in [9.17, 15) is 9.59 Å². The summed E-state index contributed by atoms with van der Waals surface area (Å²) < 4.78 is 0. The van der Waals surface area contributed by atoms with Crippen LogP contribution < -0.4 is 10.2 Å². The van der Waals surface area contributed by atoms with E-state index in [0.29, 0.717) is 25.2 Å². The van der Waals surface area contributed by atoms with E-state index >= 15 is 0 Å². The van der Waals surface area contributed by atoms with E-state index in [1.54, 1.807) is 19.2 Å². The molecular formula is C20H24N4O2. The number of piperazine rings is 1. The Bertz CT molecular complexity index is 738. The molecule has 6 heteroatoms. The predicted molar refractivity (Wildman–Crippen MR) is 101 cm³/mol. The normalized spacial score (nSPS) is 14.2. The molecule has 1 aliphatic rings. The molecule has 0 aliphatic carbocycles. The third-order valence-electron chi connectivity index (χ3n) is 4.60. The molecule has 136 valence electrons. The lowest BCUT2D eigenvalue weighted by atomic mass is 10.1. The summed E-state index contributed by atoms with van der Waals surface area (Å²) in [5, 5.41) is 2.93. The van der Waals surface area contributed by atoms with E-state index in [4.69, 9.17) is 0 Å². The zero-order valence-electron chi connectivity index (χ0n) is 15.0. The number of nitrogens with zero attached hydrogens (tertiary/aromatic N) is 3. The molecule has 0 saturated carbocycles. The Labute approximate surface area is 153 Å². The standard InChI is InChI=1S/C20H24N4O2/c1-16(25)23-11-13-24(14-12-23)19-8-7-18(15-22-19)20(26)21-10-9-17-5-3-2-4-6-17/h2-8,15H,9-14H2,1H3,(H,21,26). The Kier molecular flexibility index (Phi) is 5.84. The zero-order chi connectivity index (χ0) is 18.4. The minimum absolute atomic E-state index is 0.110. The van der Waals surface area contributed by atoms with Gasteiger partial charge in [-0.2, -0.15) is 0 Å². The largest absolute Gasteiger partial charge is 0.353 e. The van der Waals surface area contributed by atoms with Crippen LogP contribution in [0.5, 0.6) is 0 Å². The van der Waals surface area contributed by atoms with E-state index in [1.807, 2.05) is 41.3 Å². The highest BCUT2D eigenvalue weighted by Gasteiger charge is 2.19. The quantitative estimate of drug-likeness (QED) is 0.890. The number of anilines is 1. The van der Waals surface area contributed by atoms with Crippen molar-refractivity contribution < 1.29 is 9.59 Å². The monoisotopic (exact) mass is 352 g/mol. The Balaban J connectivity index is 1.49. The SMILES string of the molecule is CC(=O)N1CCN(c2ccc(C(=O)NCCc3ccccc3)cn2)CC1. The van der Waals surface area contributed by atoms with Crippen LogP contribution in [0.25, 0.3) is 0 Å². The minimum atomic E-state index is -0.110. The molecule has 2 amide bonds. The molecule has 1 aromatic heterocycles. The minimum Gasteiger partial charge on any atom is -0.353 e. The summed E-state index contributed by atoms with van der Waals surface area (Å²) in [4.78, 5) is 32.0. The van der Waals surface area contributed by atoms with E-state index in [2.05, 4.69) is 15.2 Å². The summed E-state index contributed by atoms with van der Waals surface area (Å²) in [5.41, 5.74) is 1.76. The highest BCUT2D eigenvalue weighted by atomic mass is 16.2. The molecule has 1 saturated heterocycles. The molecule has 3 rings (SSSR count). The van der Waals surface area contributed by atoms with Crippen molar-refractivity contribution in [3.05, 3.63) is 59.8 Å². The number of carbonyl (C=O) groups is 2. The predicted octanol–water partition coefficient (Wildman–Crippen LogP) is 1.72. The fourth-order valence-corrected chi connectivity index (χ4v) is 3.02. The van der Waals surface area contributed by atoms with E-state index in [0.717, 1.165) is 25.3 Å². The second-order valence-corrected chi connectivity index (χ2v) is 6.39. The highest BCUT2D eigenvalue weighted by Crippen LogP contribution is 2.14. The number of carbonyl (C=O) groups excluding carboxylic acids is 2. The van der Waals surface area contributed by atoms with Crippen LogP contribution in [0.2, 0.25) is 0 Å². The smallest absolute Gasteiger partial charge is 0.252 e. The number of rotatable bonds is 5. The number of nitrogens with one attached hydrogen (secondary N) is 1. The van der Waals surface area contributed by atoms with Crippen LogP contribution in [0, 0.1) is 0 Å². The number of hydrogen-bond donors (Lipinski definition) is 1. The molecule has 1 aromatic carbocycles. The lowest BCUT2D eigenvalue weighted by molar-refractivity contribution is -0.129. The van der Waals surface area contributed by atoms with Crippen molar-refractivity contribution in [3.63, 3.8) is 0 Å². The average Bonchev–Trinajstić information content (AvgIpc) is 2.69. The van der Waals surface area contributed by atoms with Crippen molar-refractivity contribution >= 4 is 17.6 Å². The first-order valence-corrected chi connectivity index (χ1v) is 8.92. The summed E-state index contributed by atoms with van der Waals surface area (Å²) in [6.07, 6.45) is 2.42. The molecule has 0 unspecified atom stereocenters. The van der Waals surface area contributed by atoms with Gasteiger partial charge in [-0.25, -0.2) is 4.98 Å². The second-order valence-electron chi connectivity index (χ2n) is 6.39. The number of pyridine rings is 1. The fourth-order valence-electron chi connectivity index (χ4n) is 3.02. The number of aromatic nitrogens is 1. The maximum absolute atomic E-state index is 12.2. The number of hydrogen-bond acceptors (Lipinski definition) is 4. The van der Waals surface area contributed by atoms with Crippen molar-refractivity contribution in [1.29, 1.82) is 0 Å². The van der Waals surface area contributed by atoms with Gasteiger partial charge in [0.1, 0.15) is 5.82 Å². The van der Waals surface area contributed by atoms with Crippen LogP contribution in [0.1, 0.15) is 22.8 Å². The Morgan fingerprint density at radius 1 is 1.04 bits per heavy atom. The molecule has 1 N–H and O–H groups in total. The van der Waals surface area contributed by atoms with Crippen LogP contribution in [0.3, 0.4) is 0 Å². The van der Waals surface area contributed by atoms with Gasteiger partial charge in [-0.1, -0.05) is 30.3 Å². The van der Waals surface area contributed by atoms with Crippen molar-refractivity contribution in [2.24, 2.45) is 0 Å². The molecule has 2 aromatic rings. The van der Waals surface area contributed by atoms with Crippen molar-refractivity contribution in [1.82, 2.24) is 15.2 Å².